The quantitative estimate of drug-likeness (QED) is 0.877. The molecule has 0 atom stereocenters. The van der Waals surface area contributed by atoms with E-state index in [1.165, 1.54) is 30.3 Å². The molecular weight excluding hydrogens is 283 g/mol. The van der Waals surface area contributed by atoms with Gasteiger partial charge in [-0.15, -0.1) is 0 Å². The Morgan fingerprint density at radius 3 is 2.30 bits per heavy atom. The summed E-state index contributed by atoms with van der Waals surface area (Å²) in [6, 6.07) is 8.23. The first kappa shape index (κ1) is 14.2. The number of carboxylic acids is 1. The minimum Gasteiger partial charge on any atom is -0.478 e. The first-order valence-electron chi connectivity index (χ1n) is 5.74. The van der Waals surface area contributed by atoms with E-state index in [2.05, 4.69) is 0 Å². The Kier molecular flexibility index (Phi) is 3.86. The lowest BCUT2D eigenvalue weighted by atomic mass is 9.96. The number of rotatable bonds is 3. The zero-order valence-corrected chi connectivity index (χ0v) is 11.2. The van der Waals surface area contributed by atoms with E-state index in [4.69, 9.17) is 16.7 Å². The molecule has 0 fully saturated rings. The molecule has 2 rings (SSSR count). The Hall–Kier alpha value is -2.20. The summed E-state index contributed by atoms with van der Waals surface area (Å²) < 4.78 is 14.0. The summed E-state index contributed by atoms with van der Waals surface area (Å²) in [6.45, 7) is 1.56. The number of halogens is 2. The third-order valence-corrected chi connectivity index (χ3v) is 3.05. The Balaban J connectivity index is 2.59. The summed E-state index contributed by atoms with van der Waals surface area (Å²) >= 11 is 5.72. The fourth-order valence-corrected chi connectivity index (χ4v) is 2.01. The van der Waals surface area contributed by atoms with Gasteiger partial charge in [0.1, 0.15) is 5.82 Å². The molecule has 0 unspecified atom stereocenters. The molecule has 0 saturated heterocycles. The van der Waals surface area contributed by atoms with Crippen LogP contribution in [0.2, 0.25) is 5.02 Å². The average Bonchev–Trinajstić information content (AvgIpc) is 2.37. The SMILES string of the molecule is Cc1cc(F)c(C(=O)c2ccc(Cl)cc2)c(C(=O)O)c1. The van der Waals surface area contributed by atoms with E-state index in [-0.39, 0.29) is 11.1 Å². The predicted octanol–water partition coefficient (Wildman–Crippen LogP) is 3.72. The molecule has 0 saturated carbocycles. The number of carbonyl (C=O) groups excluding carboxylic acids is 1. The molecule has 0 aliphatic heterocycles. The van der Waals surface area contributed by atoms with Crippen molar-refractivity contribution in [2.24, 2.45) is 0 Å². The van der Waals surface area contributed by atoms with Crippen LogP contribution in [0.4, 0.5) is 4.39 Å². The van der Waals surface area contributed by atoms with Gasteiger partial charge in [-0.2, -0.15) is 0 Å². The van der Waals surface area contributed by atoms with Crippen molar-refractivity contribution in [3.63, 3.8) is 0 Å². The van der Waals surface area contributed by atoms with Crippen LogP contribution in [0.1, 0.15) is 31.8 Å². The topological polar surface area (TPSA) is 54.4 Å². The average molecular weight is 293 g/mol. The third kappa shape index (κ3) is 2.70. The van der Waals surface area contributed by atoms with Crippen LogP contribution in [-0.4, -0.2) is 16.9 Å². The van der Waals surface area contributed by atoms with Gasteiger partial charge >= 0.3 is 5.97 Å². The van der Waals surface area contributed by atoms with Gasteiger partial charge in [0.2, 0.25) is 0 Å². The number of hydrogen-bond donors (Lipinski definition) is 1. The maximum atomic E-state index is 14.0. The summed E-state index contributed by atoms with van der Waals surface area (Å²) in [6.07, 6.45) is 0. The predicted molar refractivity (Wildman–Crippen MR) is 73.0 cm³/mol. The summed E-state index contributed by atoms with van der Waals surface area (Å²) in [7, 11) is 0. The zero-order valence-electron chi connectivity index (χ0n) is 10.5. The Bertz CT molecular complexity index is 693. The van der Waals surface area contributed by atoms with Crippen LogP contribution in [0.5, 0.6) is 0 Å². The normalized spacial score (nSPS) is 10.3. The molecule has 0 aliphatic rings. The third-order valence-electron chi connectivity index (χ3n) is 2.80. The molecule has 0 bridgehead atoms. The van der Waals surface area contributed by atoms with E-state index in [0.29, 0.717) is 10.6 Å². The van der Waals surface area contributed by atoms with Gasteiger partial charge in [-0.3, -0.25) is 4.79 Å². The molecule has 2 aromatic carbocycles. The van der Waals surface area contributed by atoms with Crippen LogP contribution >= 0.6 is 11.6 Å². The van der Waals surface area contributed by atoms with Crippen molar-refractivity contribution in [2.75, 3.05) is 0 Å². The van der Waals surface area contributed by atoms with Gasteiger partial charge in [0.15, 0.2) is 5.78 Å². The lowest BCUT2D eigenvalue weighted by molar-refractivity contribution is 0.0691. The first-order valence-corrected chi connectivity index (χ1v) is 6.11. The zero-order chi connectivity index (χ0) is 14.9. The fraction of sp³-hybridized carbons (Fsp3) is 0.0667. The van der Waals surface area contributed by atoms with Crippen LogP contribution in [0.15, 0.2) is 36.4 Å². The van der Waals surface area contributed by atoms with Gasteiger partial charge in [0.25, 0.3) is 0 Å². The molecule has 0 aliphatic carbocycles. The number of benzene rings is 2. The van der Waals surface area contributed by atoms with Crippen molar-refractivity contribution in [1.29, 1.82) is 0 Å². The molecule has 0 aromatic heterocycles. The molecule has 0 spiro atoms. The highest BCUT2D eigenvalue weighted by molar-refractivity contribution is 6.30. The van der Waals surface area contributed by atoms with Gasteiger partial charge in [-0.25, -0.2) is 9.18 Å². The fourth-order valence-electron chi connectivity index (χ4n) is 1.89. The van der Waals surface area contributed by atoms with Crippen LogP contribution in [0, 0.1) is 12.7 Å². The second kappa shape index (κ2) is 5.43. The van der Waals surface area contributed by atoms with E-state index in [0.717, 1.165) is 6.07 Å². The largest absolute Gasteiger partial charge is 0.478 e. The van der Waals surface area contributed by atoms with Crippen molar-refractivity contribution < 1.29 is 19.1 Å². The molecule has 5 heteroatoms. The van der Waals surface area contributed by atoms with Gasteiger partial charge in [0, 0.05) is 10.6 Å². The van der Waals surface area contributed by atoms with Gasteiger partial charge < -0.3 is 5.11 Å². The second-order valence-corrected chi connectivity index (χ2v) is 4.75. The van der Waals surface area contributed by atoms with Crippen LogP contribution in [0.3, 0.4) is 0 Å². The van der Waals surface area contributed by atoms with E-state index in [1.807, 2.05) is 0 Å². The Labute approximate surface area is 119 Å². The molecular formula is C15H10ClFO3. The summed E-state index contributed by atoms with van der Waals surface area (Å²) in [5, 5.41) is 9.55. The number of ketones is 1. The highest BCUT2D eigenvalue weighted by Gasteiger charge is 2.22. The maximum absolute atomic E-state index is 14.0. The lowest BCUT2D eigenvalue weighted by Gasteiger charge is -2.08. The minimum atomic E-state index is -1.34. The smallest absolute Gasteiger partial charge is 0.336 e. The van der Waals surface area contributed by atoms with Gasteiger partial charge in [-0.1, -0.05) is 11.6 Å². The molecule has 0 radical (unpaired) electrons. The molecule has 0 heterocycles. The monoisotopic (exact) mass is 292 g/mol. The molecule has 20 heavy (non-hydrogen) atoms. The number of aromatic carboxylic acids is 1. The minimum absolute atomic E-state index is 0.180. The highest BCUT2D eigenvalue weighted by Crippen LogP contribution is 2.21. The number of hydrogen-bond acceptors (Lipinski definition) is 2. The maximum Gasteiger partial charge on any atom is 0.336 e. The summed E-state index contributed by atoms with van der Waals surface area (Å²) in [5.41, 5.74) is -0.167. The van der Waals surface area contributed by atoms with E-state index in [9.17, 15) is 14.0 Å². The number of carboxylic acid groups (broad SMARTS) is 1. The molecule has 1 N–H and O–H groups in total. The first-order chi connectivity index (χ1) is 9.40. The van der Waals surface area contributed by atoms with E-state index in [1.54, 1.807) is 6.92 Å². The van der Waals surface area contributed by atoms with Crippen LogP contribution in [-0.2, 0) is 0 Å². The Morgan fingerprint density at radius 1 is 1.15 bits per heavy atom. The molecule has 2 aromatic rings. The summed E-state index contributed by atoms with van der Waals surface area (Å²) in [4.78, 5) is 23.4. The van der Waals surface area contributed by atoms with Crippen molar-refractivity contribution >= 4 is 23.4 Å². The van der Waals surface area contributed by atoms with Crippen LogP contribution in [0.25, 0.3) is 0 Å². The van der Waals surface area contributed by atoms with Crippen LogP contribution < -0.4 is 0 Å². The second-order valence-electron chi connectivity index (χ2n) is 4.31. The van der Waals surface area contributed by atoms with Crippen molar-refractivity contribution in [3.8, 4) is 0 Å². The van der Waals surface area contributed by atoms with E-state index >= 15 is 0 Å². The lowest BCUT2D eigenvalue weighted by Crippen LogP contribution is -2.13. The van der Waals surface area contributed by atoms with Crippen molar-refractivity contribution in [1.82, 2.24) is 0 Å². The Morgan fingerprint density at radius 2 is 1.75 bits per heavy atom. The molecule has 3 nitrogen and oxygen atoms in total. The summed E-state index contributed by atoms with van der Waals surface area (Å²) in [5.74, 6) is -2.87. The van der Waals surface area contributed by atoms with Gasteiger partial charge in [-0.05, 0) is 48.9 Å². The number of carbonyl (C=O) groups is 2. The van der Waals surface area contributed by atoms with Crippen molar-refractivity contribution in [2.45, 2.75) is 6.92 Å². The van der Waals surface area contributed by atoms with Gasteiger partial charge in [0.05, 0.1) is 11.1 Å². The van der Waals surface area contributed by atoms with E-state index < -0.39 is 23.1 Å². The highest BCUT2D eigenvalue weighted by atomic mass is 35.5. The van der Waals surface area contributed by atoms with Crippen molar-refractivity contribution in [3.05, 3.63) is 69.5 Å². The molecule has 0 amide bonds. The molecule has 102 valence electrons. The standard InChI is InChI=1S/C15H10ClFO3/c1-8-6-11(15(19)20)13(12(17)7-8)14(18)9-2-4-10(16)5-3-9/h2-7H,1H3,(H,19,20). The number of aryl methyl sites for hydroxylation is 1.